The van der Waals surface area contributed by atoms with Gasteiger partial charge in [0.25, 0.3) is 0 Å². The normalized spacial score (nSPS) is 5.82. The summed E-state index contributed by atoms with van der Waals surface area (Å²) in [5, 5.41) is 6.28. The Morgan fingerprint density at radius 1 is 1.18 bits per heavy atom. The molecule has 0 atom stereocenters. The van der Waals surface area contributed by atoms with E-state index in [0.29, 0.717) is 0 Å². The number of nitrogens with zero attached hydrogens (tertiary/aromatic N) is 1. The molecule has 0 radical (unpaired) electrons. The molecule has 0 aliphatic carbocycles. The van der Waals surface area contributed by atoms with Crippen molar-refractivity contribution in [1.29, 1.82) is 5.41 Å². The van der Waals surface area contributed by atoms with Gasteiger partial charge in [-0.15, -0.1) is 0 Å². The fourth-order valence-corrected chi connectivity index (χ4v) is 0. The van der Waals surface area contributed by atoms with Gasteiger partial charge in [-0.1, -0.05) is 0 Å². The van der Waals surface area contributed by atoms with Crippen LogP contribution in [0.3, 0.4) is 0 Å². The zero-order valence-electron chi connectivity index (χ0n) is 7.26. The molecule has 0 bridgehead atoms. The zero-order chi connectivity index (χ0) is 9.86. The van der Waals surface area contributed by atoms with Crippen molar-refractivity contribution in [1.82, 2.24) is 0 Å². The van der Waals surface area contributed by atoms with Crippen LogP contribution in [0.5, 0.6) is 0 Å². The van der Waals surface area contributed by atoms with E-state index in [9.17, 15) is 0 Å². The van der Waals surface area contributed by atoms with Crippen molar-refractivity contribution in [2.45, 2.75) is 6.92 Å². The highest BCUT2D eigenvalue weighted by molar-refractivity contribution is 5.75. The molecule has 0 amide bonds. The molecule has 0 saturated carbocycles. The molecule has 0 heterocycles. The lowest BCUT2D eigenvalue weighted by Crippen LogP contribution is -2.21. The van der Waals surface area contributed by atoms with E-state index in [4.69, 9.17) is 22.6 Å². The predicted octanol–water partition coefficient (Wildman–Crippen LogP) is -1.59. The van der Waals surface area contributed by atoms with Gasteiger partial charge in [-0.2, -0.15) is 0 Å². The SMILES string of the molecule is CC(=N)N.CN.CN=C(N)N. The third kappa shape index (κ3) is 797. The first-order valence-corrected chi connectivity index (χ1v) is 2.86. The van der Waals surface area contributed by atoms with Crippen molar-refractivity contribution in [3.8, 4) is 0 Å². The summed E-state index contributed by atoms with van der Waals surface area (Å²) in [7, 11) is 3.04. The van der Waals surface area contributed by atoms with Crippen molar-refractivity contribution < 1.29 is 0 Å². The molecule has 68 valence electrons. The van der Waals surface area contributed by atoms with Gasteiger partial charge in [0.1, 0.15) is 0 Å². The third-order valence-electron chi connectivity index (χ3n) is 0.258. The number of amidine groups is 1. The van der Waals surface area contributed by atoms with Crippen LogP contribution in [0.4, 0.5) is 0 Å². The van der Waals surface area contributed by atoms with Gasteiger partial charge in [0.2, 0.25) is 0 Å². The molecule has 0 aromatic carbocycles. The predicted molar refractivity (Wildman–Crippen MR) is 49.4 cm³/mol. The van der Waals surface area contributed by atoms with Crippen LogP contribution in [0.1, 0.15) is 6.92 Å². The largest absolute Gasteiger partial charge is 0.388 e. The number of hydrogen-bond acceptors (Lipinski definition) is 3. The van der Waals surface area contributed by atoms with Gasteiger partial charge in [-0.25, -0.2) is 0 Å². The maximum atomic E-state index is 6.28. The summed E-state index contributed by atoms with van der Waals surface area (Å²) in [6.45, 7) is 1.53. The van der Waals surface area contributed by atoms with E-state index in [1.165, 1.54) is 21.0 Å². The van der Waals surface area contributed by atoms with Crippen LogP contribution in [0, 0.1) is 5.41 Å². The van der Waals surface area contributed by atoms with Crippen molar-refractivity contribution >= 4 is 11.8 Å². The van der Waals surface area contributed by atoms with Crippen LogP contribution in [0.2, 0.25) is 0 Å². The molecule has 11 heavy (non-hydrogen) atoms. The summed E-state index contributed by atoms with van der Waals surface area (Å²) < 4.78 is 0. The standard InChI is InChI=1S/C2H7N3.C2H6N2.CH5N/c1-5-2(3)4;1-2(3)4;1-2/h1H3,(H4,3,4,5);1H3,(H3,3,4);2H2,1H3. The van der Waals surface area contributed by atoms with Crippen LogP contribution in [0.15, 0.2) is 4.99 Å². The van der Waals surface area contributed by atoms with E-state index in [0.717, 1.165) is 0 Å². The second kappa shape index (κ2) is 15.9. The summed E-state index contributed by atoms with van der Waals surface area (Å²) in [5.41, 5.74) is 18.8. The minimum Gasteiger partial charge on any atom is -0.388 e. The number of hydrogen-bond donors (Lipinski definition) is 5. The fraction of sp³-hybridized carbons (Fsp3) is 0.600. The van der Waals surface area contributed by atoms with Gasteiger partial charge in [-0.05, 0) is 14.0 Å². The molecule has 0 aliphatic rings. The molecular formula is C5H18N6. The lowest BCUT2D eigenvalue weighted by Gasteiger charge is -1.77. The highest BCUT2D eigenvalue weighted by Gasteiger charge is 1.61. The number of aliphatic imine (C=N–C) groups is 1. The quantitative estimate of drug-likeness (QED) is 0.216. The first-order valence-electron chi connectivity index (χ1n) is 2.86. The van der Waals surface area contributed by atoms with E-state index in [1.807, 2.05) is 0 Å². The molecule has 0 aromatic rings. The average molecular weight is 162 g/mol. The molecule has 9 N–H and O–H groups in total. The van der Waals surface area contributed by atoms with Gasteiger partial charge >= 0.3 is 0 Å². The van der Waals surface area contributed by atoms with E-state index in [2.05, 4.69) is 10.7 Å². The maximum Gasteiger partial charge on any atom is 0.185 e. The Labute approximate surface area is 67.2 Å². The van der Waals surface area contributed by atoms with Crippen LogP contribution >= 0.6 is 0 Å². The Kier molecular flexibility index (Phi) is 23.6. The van der Waals surface area contributed by atoms with Gasteiger partial charge in [0.05, 0.1) is 5.84 Å². The fourth-order valence-electron chi connectivity index (χ4n) is 0. The van der Waals surface area contributed by atoms with Crippen LogP contribution in [-0.4, -0.2) is 25.9 Å². The van der Waals surface area contributed by atoms with Gasteiger partial charge in [0, 0.05) is 7.05 Å². The van der Waals surface area contributed by atoms with E-state index in [1.54, 1.807) is 0 Å². The smallest absolute Gasteiger partial charge is 0.185 e. The van der Waals surface area contributed by atoms with Crippen molar-refractivity contribution in [2.24, 2.45) is 27.9 Å². The molecule has 0 spiro atoms. The summed E-state index contributed by atoms with van der Waals surface area (Å²) in [6, 6.07) is 0. The van der Waals surface area contributed by atoms with Crippen molar-refractivity contribution in [2.75, 3.05) is 14.1 Å². The summed E-state index contributed by atoms with van der Waals surface area (Å²) in [6.07, 6.45) is 0. The summed E-state index contributed by atoms with van der Waals surface area (Å²) >= 11 is 0. The Bertz CT molecular complexity index is 99.5. The minimum atomic E-state index is 0.130. The first-order chi connectivity index (χ1) is 5.00. The molecule has 6 nitrogen and oxygen atoms in total. The second-order valence-electron chi connectivity index (χ2n) is 1.33. The molecule has 0 unspecified atom stereocenters. The highest BCUT2D eigenvalue weighted by atomic mass is 15.0. The Balaban J connectivity index is -0.0000000965. The topological polar surface area (TPSA) is 140 Å². The van der Waals surface area contributed by atoms with Crippen LogP contribution in [-0.2, 0) is 0 Å². The van der Waals surface area contributed by atoms with E-state index < -0.39 is 0 Å². The van der Waals surface area contributed by atoms with Gasteiger partial charge in [0.15, 0.2) is 5.96 Å². The van der Waals surface area contributed by atoms with Gasteiger partial charge < -0.3 is 22.9 Å². The highest BCUT2D eigenvalue weighted by Crippen LogP contribution is 1.40. The molecule has 0 fully saturated rings. The maximum absolute atomic E-state index is 6.28. The van der Waals surface area contributed by atoms with E-state index >= 15 is 0 Å². The Morgan fingerprint density at radius 2 is 1.27 bits per heavy atom. The summed E-state index contributed by atoms with van der Waals surface area (Å²) in [5.74, 6) is 0.296. The van der Waals surface area contributed by atoms with Crippen LogP contribution < -0.4 is 22.9 Å². The molecule has 0 rings (SSSR count). The van der Waals surface area contributed by atoms with Crippen LogP contribution in [0.25, 0.3) is 0 Å². The molecular weight excluding hydrogens is 144 g/mol. The number of nitrogens with two attached hydrogens (primary N) is 4. The number of nitrogens with one attached hydrogen (secondary N) is 1. The monoisotopic (exact) mass is 162 g/mol. The first kappa shape index (κ1) is 16.4. The molecule has 6 heteroatoms. The number of rotatable bonds is 0. The molecule has 0 saturated heterocycles. The second-order valence-corrected chi connectivity index (χ2v) is 1.33. The number of guanidine groups is 1. The van der Waals surface area contributed by atoms with Gasteiger partial charge in [-0.3, -0.25) is 10.4 Å². The summed E-state index contributed by atoms with van der Waals surface area (Å²) in [4.78, 5) is 3.36. The molecule has 0 aromatic heterocycles. The Morgan fingerprint density at radius 3 is 1.27 bits per heavy atom. The average Bonchev–Trinajstić information content (AvgIpc) is 1.91. The molecule has 0 aliphatic heterocycles. The minimum absolute atomic E-state index is 0.130. The third-order valence-corrected chi connectivity index (χ3v) is 0.258. The Hall–Kier alpha value is -1.30. The zero-order valence-corrected chi connectivity index (χ0v) is 7.26. The van der Waals surface area contributed by atoms with Crippen molar-refractivity contribution in [3.05, 3.63) is 0 Å². The lowest BCUT2D eigenvalue weighted by atomic mass is 10.8. The lowest BCUT2D eigenvalue weighted by molar-refractivity contribution is 1.36. The van der Waals surface area contributed by atoms with E-state index in [-0.39, 0.29) is 11.8 Å². The van der Waals surface area contributed by atoms with Crippen molar-refractivity contribution in [3.63, 3.8) is 0 Å².